The van der Waals surface area contributed by atoms with Crippen molar-refractivity contribution >= 4 is 49.6 Å². The van der Waals surface area contributed by atoms with E-state index in [2.05, 4.69) is 252 Å². The van der Waals surface area contributed by atoms with Crippen molar-refractivity contribution in [2.75, 3.05) is 4.90 Å². The van der Waals surface area contributed by atoms with Gasteiger partial charge in [0.1, 0.15) is 0 Å². The second kappa shape index (κ2) is 15.1. The first kappa shape index (κ1) is 35.2. The van der Waals surface area contributed by atoms with Gasteiger partial charge in [0.05, 0.1) is 16.7 Å². The molecule has 0 aliphatic carbocycles. The SMILES string of the molecule is c1ccc(-c2cccc(N(c3ccc(-c4ccc(-c5ccccc5-n5c6ccccc6c6ccccc65)cc4)cc3)c3ccc(-c4cccc5ccccc45)cc3)c2)cc1. The molecule has 282 valence electrons. The first-order valence-electron chi connectivity index (χ1n) is 20.6. The molecule has 0 fully saturated rings. The van der Waals surface area contributed by atoms with E-state index in [1.165, 1.54) is 82.8 Å². The normalized spacial score (nSPS) is 11.3. The van der Waals surface area contributed by atoms with E-state index in [-0.39, 0.29) is 0 Å². The molecule has 0 N–H and O–H groups in total. The Hall–Kier alpha value is -7.94. The van der Waals surface area contributed by atoms with E-state index in [0.717, 1.165) is 17.1 Å². The van der Waals surface area contributed by atoms with Gasteiger partial charge >= 0.3 is 0 Å². The first-order chi connectivity index (χ1) is 29.8. The van der Waals surface area contributed by atoms with Crippen molar-refractivity contribution in [3.8, 4) is 50.2 Å². The number of nitrogens with zero attached hydrogens (tertiary/aromatic N) is 2. The maximum Gasteiger partial charge on any atom is 0.0541 e. The third-order valence-corrected chi connectivity index (χ3v) is 11.8. The summed E-state index contributed by atoms with van der Waals surface area (Å²) in [5.41, 5.74) is 16.5. The topological polar surface area (TPSA) is 8.17 Å². The molecule has 1 aromatic heterocycles. The van der Waals surface area contributed by atoms with E-state index >= 15 is 0 Å². The number of benzene rings is 10. The molecule has 0 aliphatic heterocycles. The Morgan fingerprint density at radius 3 is 1.42 bits per heavy atom. The number of anilines is 3. The van der Waals surface area contributed by atoms with Gasteiger partial charge in [0, 0.05) is 33.4 Å². The molecular weight excluding hydrogens is 725 g/mol. The van der Waals surface area contributed by atoms with Gasteiger partial charge in [-0.25, -0.2) is 0 Å². The molecule has 11 aromatic rings. The third-order valence-electron chi connectivity index (χ3n) is 11.8. The average Bonchev–Trinajstić information content (AvgIpc) is 3.67. The fourth-order valence-electron chi connectivity index (χ4n) is 8.91. The molecule has 60 heavy (non-hydrogen) atoms. The van der Waals surface area contributed by atoms with E-state index < -0.39 is 0 Å². The molecule has 11 rings (SSSR count). The molecule has 0 amide bonds. The molecular formula is C58H40N2. The van der Waals surface area contributed by atoms with Gasteiger partial charge in [0.15, 0.2) is 0 Å². The van der Waals surface area contributed by atoms with Crippen LogP contribution < -0.4 is 4.90 Å². The molecule has 0 spiro atoms. The Morgan fingerprint density at radius 1 is 0.267 bits per heavy atom. The minimum Gasteiger partial charge on any atom is -0.310 e. The Balaban J connectivity index is 0.942. The minimum absolute atomic E-state index is 1.10. The lowest BCUT2D eigenvalue weighted by molar-refractivity contribution is 1.18. The molecule has 0 radical (unpaired) electrons. The van der Waals surface area contributed by atoms with Gasteiger partial charge in [-0.3, -0.25) is 0 Å². The third kappa shape index (κ3) is 6.32. The summed E-state index contributed by atoms with van der Waals surface area (Å²) >= 11 is 0. The van der Waals surface area contributed by atoms with Gasteiger partial charge in [-0.2, -0.15) is 0 Å². The number of hydrogen-bond donors (Lipinski definition) is 0. The summed E-state index contributed by atoms with van der Waals surface area (Å²) in [5.74, 6) is 0. The number of para-hydroxylation sites is 3. The highest BCUT2D eigenvalue weighted by Gasteiger charge is 2.17. The smallest absolute Gasteiger partial charge is 0.0541 e. The molecule has 0 atom stereocenters. The summed E-state index contributed by atoms with van der Waals surface area (Å²) in [6.45, 7) is 0. The van der Waals surface area contributed by atoms with Gasteiger partial charge in [-0.05, 0) is 104 Å². The van der Waals surface area contributed by atoms with Crippen LogP contribution in [0.3, 0.4) is 0 Å². The van der Waals surface area contributed by atoms with Gasteiger partial charge in [-0.1, -0.05) is 188 Å². The fourth-order valence-corrected chi connectivity index (χ4v) is 8.91. The summed E-state index contributed by atoms with van der Waals surface area (Å²) in [6, 6.07) is 87.7. The van der Waals surface area contributed by atoms with Crippen LogP contribution in [0.2, 0.25) is 0 Å². The van der Waals surface area contributed by atoms with E-state index in [0.29, 0.717) is 0 Å². The van der Waals surface area contributed by atoms with Gasteiger partial charge < -0.3 is 9.47 Å². The average molecular weight is 765 g/mol. The van der Waals surface area contributed by atoms with Gasteiger partial charge in [-0.15, -0.1) is 0 Å². The summed E-state index contributed by atoms with van der Waals surface area (Å²) in [4.78, 5) is 2.36. The highest BCUT2D eigenvalue weighted by molar-refractivity contribution is 6.09. The molecule has 1 heterocycles. The van der Waals surface area contributed by atoms with Crippen LogP contribution in [0, 0.1) is 0 Å². The largest absolute Gasteiger partial charge is 0.310 e. The van der Waals surface area contributed by atoms with E-state index in [1.54, 1.807) is 0 Å². The lowest BCUT2D eigenvalue weighted by Crippen LogP contribution is -2.10. The highest BCUT2D eigenvalue weighted by atomic mass is 15.1. The Kier molecular flexibility index (Phi) is 8.87. The van der Waals surface area contributed by atoms with Crippen LogP contribution >= 0.6 is 0 Å². The predicted octanol–water partition coefficient (Wildman–Crippen LogP) is 16.1. The van der Waals surface area contributed by atoms with Crippen molar-refractivity contribution in [2.24, 2.45) is 0 Å². The number of hydrogen-bond acceptors (Lipinski definition) is 1. The van der Waals surface area contributed by atoms with Crippen LogP contribution in [0.25, 0.3) is 82.8 Å². The number of aromatic nitrogens is 1. The van der Waals surface area contributed by atoms with Crippen molar-refractivity contribution in [3.63, 3.8) is 0 Å². The Morgan fingerprint density at radius 2 is 0.717 bits per heavy atom. The Labute approximate surface area is 350 Å². The van der Waals surface area contributed by atoms with Crippen LogP contribution in [0.1, 0.15) is 0 Å². The van der Waals surface area contributed by atoms with Gasteiger partial charge in [0.2, 0.25) is 0 Å². The fraction of sp³-hybridized carbons (Fsp3) is 0. The standard InChI is InChI=1S/C58H40N2/c1-2-14-41(15-3-1)47-18-12-19-50(40-47)59(49-38-34-45(35-39-49)52-24-13-17-44-16-4-5-20-51(44)52)48-36-32-43(33-37-48)42-28-30-46(31-29-42)53-21-6-9-25-56(53)60-57-26-10-7-22-54(57)55-23-8-11-27-58(55)60/h1-40H. The second-order valence-corrected chi connectivity index (χ2v) is 15.3. The minimum atomic E-state index is 1.10. The molecule has 2 nitrogen and oxygen atoms in total. The maximum absolute atomic E-state index is 2.41. The van der Waals surface area contributed by atoms with Crippen molar-refractivity contribution in [1.82, 2.24) is 4.57 Å². The van der Waals surface area contributed by atoms with Crippen molar-refractivity contribution < 1.29 is 0 Å². The van der Waals surface area contributed by atoms with E-state index in [4.69, 9.17) is 0 Å². The van der Waals surface area contributed by atoms with E-state index in [9.17, 15) is 0 Å². The molecule has 0 unspecified atom stereocenters. The van der Waals surface area contributed by atoms with Crippen molar-refractivity contribution in [3.05, 3.63) is 243 Å². The summed E-state index contributed by atoms with van der Waals surface area (Å²) in [5, 5.41) is 5.04. The zero-order valence-electron chi connectivity index (χ0n) is 33.0. The summed E-state index contributed by atoms with van der Waals surface area (Å²) < 4.78 is 2.41. The second-order valence-electron chi connectivity index (χ2n) is 15.3. The van der Waals surface area contributed by atoms with Crippen LogP contribution in [0.15, 0.2) is 243 Å². The molecule has 2 heteroatoms. The van der Waals surface area contributed by atoms with Crippen LogP contribution in [0.5, 0.6) is 0 Å². The highest BCUT2D eigenvalue weighted by Crippen LogP contribution is 2.40. The van der Waals surface area contributed by atoms with Crippen LogP contribution in [0.4, 0.5) is 17.1 Å². The Bertz CT molecular complexity index is 3230. The molecule has 0 bridgehead atoms. The monoisotopic (exact) mass is 764 g/mol. The zero-order chi connectivity index (χ0) is 39.8. The maximum atomic E-state index is 2.41. The van der Waals surface area contributed by atoms with Gasteiger partial charge in [0.25, 0.3) is 0 Å². The number of fused-ring (bicyclic) bond motifs is 4. The predicted molar refractivity (Wildman–Crippen MR) is 255 cm³/mol. The molecule has 0 saturated carbocycles. The van der Waals surface area contributed by atoms with Crippen molar-refractivity contribution in [2.45, 2.75) is 0 Å². The quantitative estimate of drug-likeness (QED) is 0.150. The van der Waals surface area contributed by atoms with Crippen LogP contribution in [-0.4, -0.2) is 4.57 Å². The summed E-state index contributed by atoms with van der Waals surface area (Å²) in [6.07, 6.45) is 0. The van der Waals surface area contributed by atoms with E-state index in [1.807, 2.05) is 0 Å². The number of rotatable bonds is 8. The zero-order valence-corrected chi connectivity index (χ0v) is 33.0. The lowest BCUT2D eigenvalue weighted by Gasteiger charge is -2.26. The molecule has 0 aliphatic rings. The first-order valence-corrected chi connectivity index (χ1v) is 20.6. The van der Waals surface area contributed by atoms with Crippen LogP contribution in [-0.2, 0) is 0 Å². The molecule has 0 saturated heterocycles. The lowest BCUT2D eigenvalue weighted by atomic mass is 9.97. The molecule has 10 aromatic carbocycles. The van der Waals surface area contributed by atoms with Crippen molar-refractivity contribution in [1.29, 1.82) is 0 Å². The summed E-state index contributed by atoms with van der Waals surface area (Å²) in [7, 11) is 0.